The normalized spacial score (nSPS) is 11.9. The second-order valence-electron chi connectivity index (χ2n) is 7.52. The summed E-state index contributed by atoms with van der Waals surface area (Å²) in [4.78, 5) is 46.0. The number of hydrogen-bond acceptors (Lipinski definition) is 7. The molecule has 1 aromatic carbocycles. The summed E-state index contributed by atoms with van der Waals surface area (Å²) >= 11 is 2.58. The van der Waals surface area contributed by atoms with Gasteiger partial charge in [0.25, 0.3) is 5.56 Å². The van der Waals surface area contributed by atoms with Crippen LogP contribution < -0.4 is 10.9 Å². The Labute approximate surface area is 203 Å². The molecule has 0 saturated heterocycles. The van der Waals surface area contributed by atoms with Crippen molar-refractivity contribution in [2.45, 2.75) is 36.8 Å². The van der Waals surface area contributed by atoms with Crippen molar-refractivity contribution in [1.29, 1.82) is 0 Å². The van der Waals surface area contributed by atoms with Crippen molar-refractivity contribution in [1.82, 2.24) is 19.9 Å². The number of carboxylic acid groups (broad SMARTS) is 1. The lowest BCUT2D eigenvalue weighted by Crippen LogP contribution is -2.33. The Morgan fingerprint density at radius 3 is 2.65 bits per heavy atom. The molecule has 0 saturated carbocycles. The van der Waals surface area contributed by atoms with E-state index in [2.05, 4.69) is 15.3 Å². The van der Waals surface area contributed by atoms with Crippen molar-refractivity contribution < 1.29 is 14.7 Å². The lowest BCUT2D eigenvalue weighted by molar-refractivity contribution is -0.120. The number of carbonyl (C=O) groups excluding carboxylic acids is 1. The monoisotopic (exact) mass is 494 g/mol. The Bertz CT molecular complexity index is 1370. The van der Waals surface area contributed by atoms with E-state index in [-0.39, 0.29) is 23.6 Å². The van der Waals surface area contributed by atoms with Crippen LogP contribution in [0.25, 0.3) is 10.2 Å². The molecule has 0 aliphatic heterocycles. The molecule has 0 fully saturated rings. The average Bonchev–Trinajstić information content (AvgIpc) is 3.33. The van der Waals surface area contributed by atoms with Crippen LogP contribution in [0, 0.1) is 0 Å². The summed E-state index contributed by atoms with van der Waals surface area (Å²) < 4.78 is 2.09. The highest BCUT2D eigenvalue weighted by molar-refractivity contribution is 8.00. The van der Waals surface area contributed by atoms with Crippen molar-refractivity contribution in [3.63, 3.8) is 0 Å². The molecule has 0 radical (unpaired) electrons. The maximum absolute atomic E-state index is 13.3. The van der Waals surface area contributed by atoms with Crippen LogP contribution >= 0.6 is 23.1 Å². The maximum Gasteiger partial charge on any atom is 0.335 e. The summed E-state index contributed by atoms with van der Waals surface area (Å²) in [5, 5.41) is 13.9. The lowest BCUT2D eigenvalue weighted by atomic mass is 10.1. The second kappa shape index (κ2) is 10.6. The standard InChI is InChI=1S/C24H22N4O4S2/c1-2-19(21(29)26-13-16-4-3-10-25-12-16)34-24-27-18-9-11-33-20(18)22(30)28(24)14-15-5-7-17(8-6-15)23(31)32/h3-12,19H,2,13-14H2,1H3,(H,26,29)(H,31,32). The number of fused-ring (bicyclic) bond motifs is 1. The van der Waals surface area contributed by atoms with E-state index in [1.165, 1.54) is 35.2 Å². The van der Waals surface area contributed by atoms with Gasteiger partial charge in [-0.3, -0.25) is 19.1 Å². The Morgan fingerprint density at radius 1 is 1.18 bits per heavy atom. The number of carboxylic acids is 1. The number of carbonyl (C=O) groups is 2. The third-order valence-corrected chi connectivity index (χ3v) is 7.42. The van der Waals surface area contributed by atoms with Crippen LogP contribution in [0.4, 0.5) is 0 Å². The van der Waals surface area contributed by atoms with Gasteiger partial charge >= 0.3 is 5.97 Å². The topological polar surface area (TPSA) is 114 Å². The molecule has 4 aromatic rings. The molecule has 2 N–H and O–H groups in total. The Balaban J connectivity index is 1.60. The first-order valence-corrected chi connectivity index (χ1v) is 12.4. The number of pyridine rings is 1. The molecule has 0 aliphatic rings. The number of rotatable bonds is 9. The smallest absolute Gasteiger partial charge is 0.335 e. The quantitative estimate of drug-likeness (QED) is 0.269. The molecule has 0 bridgehead atoms. The highest BCUT2D eigenvalue weighted by atomic mass is 32.2. The summed E-state index contributed by atoms with van der Waals surface area (Å²) in [6.07, 6.45) is 3.93. The molecule has 1 atom stereocenters. The highest BCUT2D eigenvalue weighted by Gasteiger charge is 2.22. The number of aromatic nitrogens is 3. The molecule has 174 valence electrons. The van der Waals surface area contributed by atoms with E-state index < -0.39 is 11.2 Å². The van der Waals surface area contributed by atoms with Gasteiger partial charge in [0.05, 0.1) is 22.9 Å². The Hall–Kier alpha value is -3.50. The van der Waals surface area contributed by atoms with Gasteiger partial charge in [-0.1, -0.05) is 36.9 Å². The maximum atomic E-state index is 13.3. The van der Waals surface area contributed by atoms with Crippen LogP contribution in [0.1, 0.15) is 34.8 Å². The van der Waals surface area contributed by atoms with E-state index in [1.807, 2.05) is 24.4 Å². The van der Waals surface area contributed by atoms with Gasteiger partial charge in [0.15, 0.2) is 5.16 Å². The summed E-state index contributed by atoms with van der Waals surface area (Å²) in [5.41, 5.74) is 2.25. The number of nitrogens with one attached hydrogen (secondary N) is 1. The van der Waals surface area contributed by atoms with E-state index in [0.717, 1.165) is 11.1 Å². The first-order chi connectivity index (χ1) is 16.5. The van der Waals surface area contributed by atoms with Crippen LogP contribution in [0.2, 0.25) is 0 Å². The predicted octanol–water partition coefficient (Wildman–Crippen LogP) is 3.79. The summed E-state index contributed by atoms with van der Waals surface area (Å²) in [7, 11) is 0. The fourth-order valence-electron chi connectivity index (χ4n) is 3.34. The molecule has 3 aromatic heterocycles. The molecule has 10 heteroatoms. The van der Waals surface area contributed by atoms with Crippen molar-refractivity contribution in [3.05, 3.63) is 87.3 Å². The fraction of sp³-hybridized carbons (Fsp3) is 0.208. The number of thioether (sulfide) groups is 1. The molecular formula is C24H22N4O4S2. The van der Waals surface area contributed by atoms with E-state index >= 15 is 0 Å². The minimum absolute atomic E-state index is 0.145. The molecule has 0 spiro atoms. The van der Waals surface area contributed by atoms with E-state index in [0.29, 0.717) is 28.3 Å². The molecule has 0 aliphatic carbocycles. The summed E-state index contributed by atoms with van der Waals surface area (Å²) in [6, 6.07) is 11.9. The Morgan fingerprint density at radius 2 is 1.97 bits per heavy atom. The number of aromatic carboxylic acids is 1. The van der Waals surface area contributed by atoms with Gasteiger partial charge < -0.3 is 10.4 Å². The zero-order chi connectivity index (χ0) is 24.1. The summed E-state index contributed by atoms with van der Waals surface area (Å²) in [6.45, 7) is 2.50. The number of hydrogen-bond donors (Lipinski definition) is 2. The van der Waals surface area contributed by atoms with Crippen molar-refractivity contribution in [2.24, 2.45) is 0 Å². The largest absolute Gasteiger partial charge is 0.478 e. The zero-order valence-corrected chi connectivity index (χ0v) is 19.9. The first-order valence-electron chi connectivity index (χ1n) is 10.6. The average molecular weight is 495 g/mol. The SMILES string of the molecule is CCC(Sc1nc2ccsc2c(=O)n1Cc1ccc(C(=O)O)cc1)C(=O)NCc1cccnc1. The van der Waals surface area contributed by atoms with Gasteiger partial charge in [0.1, 0.15) is 4.70 Å². The minimum Gasteiger partial charge on any atom is -0.478 e. The molecule has 3 heterocycles. The summed E-state index contributed by atoms with van der Waals surface area (Å²) in [5.74, 6) is -1.15. The number of thiophene rings is 1. The van der Waals surface area contributed by atoms with Gasteiger partial charge in [-0.2, -0.15) is 0 Å². The lowest BCUT2D eigenvalue weighted by Gasteiger charge is -2.17. The minimum atomic E-state index is -1.01. The van der Waals surface area contributed by atoms with Gasteiger partial charge in [-0.05, 0) is 47.2 Å². The molecule has 4 rings (SSSR count). The number of amides is 1. The molecule has 34 heavy (non-hydrogen) atoms. The fourth-order valence-corrected chi connectivity index (χ4v) is 5.16. The van der Waals surface area contributed by atoms with Gasteiger partial charge in [-0.15, -0.1) is 11.3 Å². The van der Waals surface area contributed by atoms with Crippen LogP contribution in [0.3, 0.4) is 0 Å². The Kier molecular flexibility index (Phi) is 7.39. The van der Waals surface area contributed by atoms with Crippen LogP contribution in [0.15, 0.2) is 70.2 Å². The number of nitrogens with zero attached hydrogens (tertiary/aromatic N) is 3. The van der Waals surface area contributed by atoms with Crippen LogP contribution in [0.5, 0.6) is 0 Å². The van der Waals surface area contributed by atoms with Crippen LogP contribution in [-0.2, 0) is 17.9 Å². The van der Waals surface area contributed by atoms with Crippen molar-refractivity contribution in [2.75, 3.05) is 0 Å². The third-order valence-electron chi connectivity index (χ3n) is 5.17. The van der Waals surface area contributed by atoms with Gasteiger partial charge in [0, 0.05) is 18.9 Å². The van der Waals surface area contributed by atoms with Crippen molar-refractivity contribution >= 4 is 45.2 Å². The zero-order valence-electron chi connectivity index (χ0n) is 18.3. The number of benzene rings is 1. The molecule has 8 nitrogen and oxygen atoms in total. The third kappa shape index (κ3) is 5.35. The van der Waals surface area contributed by atoms with Gasteiger partial charge in [-0.25, -0.2) is 9.78 Å². The highest BCUT2D eigenvalue weighted by Crippen LogP contribution is 2.27. The molecular weight excluding hydrogens is 472 g/mol. The molecule has 1 unspecified atom stereocenters. The first kappa shape index (κ1) is 23.7. The molecule has 1 amide bonds. The van der Waals surface area contributed by atoms with E-state index in [1.54, 1.807) is 35.2 Å². The predicted molar refractivity (Wildman–Crippen MR) is 132 cm³/mol. The second-order valence-corrected chi connectivity index (χ2v) is 9.60. The van der Waals surface area contributed by atoms with E-state index in [9.17, 15) is 14.4 Å². The van der Waals surface area contributed by atoms with E-state index in [4.69, 9.17) is 5.11 Å². The van der Waals surface area contributed by atoms with Crippen molar-refractivity contribution in [3.8, 4) is 0 Å². The van der Waals surface area contributed by atoms with Crippen LogP contribution in [-0.4, -0.2) is 36.8 Å². The van der Waals surface area contributed by atoms with Gasteiger partial charge in [0.2, 0.25) is 5.91 Å².